The minimum absolute atomic E-state index is 0.293. The predicted molar refractivity (Wildman–Crippen MR) is 74.9 cm³/mol. The Morgan fingerprint density at radius 2 is 1.90 bits per heavy atom. The summed E-state index contributed by atoms with van der Waals surface area (Å²) in [7, 11) is -3.65. The highest BCUT2D eigenvalue weighted by molar-refractivity contribution is 7.88. The van der Waals surface area contributed by atoms with Gasteiger partial charge in [0.15, 0.2) is 0 Å². The molecule has 0 aliphatic rings. The Morgan fingerprint density at radius 3 is 2.45 bits per heavy atom. The second kappa shape index (κ2) is 7.35. The summed E-state index contributed by atoms with van der Waals surface area (Å²) < 4.78 is 38.8. The highest BCUT2D eigenvalue weighted by atomic mass is 32.2. The molecular weight excluding hydrogens is 283 g/mol. The summed E-state index contributed by atoms with van der Waals surface area (Å²) in [5.74, 6) is -1.08. The lowest BCUT2D eigenvalue weighted by molar-refractivity contribution is -0.122. The summed E-state index contributed by atoms with van der Waals surface area (Å²) in [5, 5.41) is 2.61. The van der Waals surface area contributed by atoms with Crippen LogP contribution in [0.3, 0.4) is 0 Å². The number of rotatable bonds is 7. The fourth-order valence-corrected chi connectivity index (χ4v) is 2.93. The lowest BCUT2D eigenvalue weighted by Crippen LogP contribution is -2.45. The molecule has 0 aliphatic carbocycles. The smallest absolute Gasteiger partial charge is 0.237 e. The lowest BCUT2D eigenvalue weighted by atomic mass is 10.2. The fraction of sp³-hybridized carbons (Fsp3) is 0.462. The number of hydrogen-bond donors (Lipinski definition) is 2. The third-order valence-corrected chi connectivity index (χ3v) is 3.99. The Hall–Kier alpha value is -1.47. The van der Waals surface area contributed by atoms with Gasteiger partial charge in [0.2, 0.25) is 15.9 Å². The van der Waals surface area contributed by atoms with Crippen LogP contribution in [0.5, 0.6) is 0 Å². The third-order valence-electron chi connectivity index (χ3n) is 2.57. The summed E-state index contributed by atoms with van der Waals surface area (Å²) in [6.07, 6.45) is 0.779. The Bertz CT molecular complexity index is 543. The van der Waals surface area contributed by atoms with Gasteiger partial charge in [0, 0.05) is 6.54 Å². The van der Waals surface area contributed by atoms with E-state index >= 15 is 0 Å². The number of carbonyl (C=O) groups excluding carboxylic acids is 1. The highest BCUT2D eigenvalue weighted by Crippen LogP contribution is 2.07. The first-order valence-electron chi connectivity index (χ1n) is 6.36. The van der Waals surface area contributed by atoms with Crippen LogP contribution in [0.1, 0.15) is 25.8 Å². The normalized spacial score (nSPS) is 12.9. The molecule has 1 aromatic rings. The highest BCUT2D eigenvalue weighted by Gasteiger charge is 2.20. The van der Waals surface area contributed by atoms with E-state index in [1.54, 1.807) is 0 Å². The van der Waals surface area contributed by atoms with Gasteiger partial charge in [0.05, 0.1) is 11.8 Å². The van der Waals surface area contributed by atoms with E-state index in [0.717, 1.165) is 6.42 Å². The molecule has 0 heterocycles. The SMILES string of the molecule is CCCNC(=O)C(C)NS(=O)(=O)Cc1ccc(F)cc1. The molecule has 1 rings (SSSR count). The first-order chi connectivity index (χ1) is 9.34. The maximum Gasteiger partial charge on any atom is 0.237 e. The average Bonchev–Trinajstić information content (AvgIpc) is 2.37. The third kappa shape index (κ3) is 5.66. The Morgan fingerprint density at radius 1 is 1.30 bits per heavy atom. The van der Waals surface area contributed by atoms with Crippen LogP contribution in [0, 0.1) is 5.82 Å². The molecule has 5 nitrogen and oxygen atoms in total. The van der Waals surface area contributed by atoms with Crippen LogP contribution in [0.2, 0.25) is 0 Å². The number of halogens is 1. The van der Waals surface area contributed by atoms with Crippen LogP contribution in [-0.4, -0.2) is 26.9 Å². The number of sulfonamides is 1. The first-order valence-corrected chi connectivity index (χ1v) is 8.01. The van der Waals surface area contributed by atoms with Crippen molar-refractivity contribution < 1.29 is 17.6 Å². The largest absolute Gasteiger partial charge is 0.355 e. The van der Waals surface area contributed by atoms with Gasteiger partial charge in [-0.15, -0.1) is 0 Å². The summed E-state index contributed by atoms with van der Waals surface area (Å²) in [4.78, 5) is 11.6. The molecule has 0 aromatic heterocycles. The zero-order valence-corrected chi connectivity index (χ0v) is 12.3. The predicted octanol–water partition coefficient (Wildman–Crippen LogP) is 1.16. The van der Waals surface area contributed by atoms with Crippen LogP contribution < -0.4 is 10.0 Å². The van der Waals surface area contributed by atoms with Crippen LogP contribution >= 0.6 is 0 Å². The van der Waals surface area contributed by atoms with E-state index in [2.05, 4.69) is 10.0 Å². The van der Waals surface area contributed by atoms with Crippen LogP contribution in [0.15, 0.2) is 24.3 Å². The molecular formula is C13H19FN2O3S. The van der Waals surface area contributed by atoms with Gasteiger partial charge in [-0.2, -0.15) is 0 Å². The number of amides is 1. The van der Waals surface area contributed by atoms with Gasteiger partial charge in [-0.25, -0.2) is 17.5 Å². The van der Waals surface area contributed by atoms with Crippen molar-refractivity contribution >= 4 is 15.9 Å². The Labute approximate surface area is 118 Å². The van der Waals surface area contributed by atoms with E-state index in [1.807, 2.05) is 6.92 Å². The molecule has 112 valence electrons. The molecule has 0 bridgehead atoms. The van der Waals surface area contributed by atoms with Crippen LogP contribution in [0.25, 0.3) is 0 Å². The van der Waals surface area contributed by atoms with E-state index in [-0.39, 0.29) is 11.7 Å². The molecule has 0 saturated heterocycles. The second-order valence-electron chi connectivity index (χ2n) is 4.52. The molecule has 7 heteroatoms. The number of hydrogen-bond acceptors (Lipinski definition) is 3. The summed E-state index contributed by atoms with van der Waals surface area (Å²) in [6, 6.07) is 4.35. The summed E-state index contributed by atoms with van der Waals surface area (Å²) >= 11 is 0. The number of nitrogens with one attached hydrogen (secondary N) is 2. The van der Waals surface area contributed by atoms with Crippen molar-refractivity contribution in [2.75, 3.05) is 6.54 Å². The zero-order chi connectivity index (χ0) is 15.2. The lowest BCUT2D eigenvalue weighted by Gasteiger charge is -2.14. The van der Waals surface area contributed by atoms with Gasteiger partial charge in [-0.3, -0.25) is 4.79 Å². The molecule has 1 aromatic carbocycles. The van der Waals surface area contributed by atoms with Crippen LogP contribution in [0.4, 0.5) is 4.39 Å². The van der Waals surface area contributed by atoms with Gasteiger partial charge in [0.25, 0.3) is 0 Å². The van der Waals surface area contributed by atoms with Crippen molar-refractivity contribution in [2.24, 2.45) is 0 Å². The molecule has 1 unspecified atom stereocenters. The van der Waals surface area contributed by atoms with Crippen molar-refractivity contribution in [2.45, 2.75) is 32.1 Å². The summed E-state index contributed by atoms with van der Waals surface area (Å²) in [6.45, 7) is 3.89. The van der Waals surface area contributed by atoms with Crippen molar-refractivity contribution in [1.29, 1.82) is 0 Å². The molecule has 2 N–H and O–H groups in total. The van der Waals surface area contributed by atoms with Gasteiger partial charge in [-0.05, 0) is 31.0 Å². The van der Waals surface area contributed by atoms with Crippen LogP contribution in [-0.2, 0) is 20.6 Å². The van der Waals surface area contributed by atoms with E-state index in [9.17, 15) is 17.6 Å². The molecule has 0 fully saturated rings. The van der Waals surface area contributed by atoms with Gasteiger partial charge >= 0.3 is 0 Å². The first kappa shape index (κ1) is 16.6. The second-order valence-corrected chi connectivity index (χ2v) is 6.27. The Kier molecular flexibility index (Phi) is 6.09. The minimum Gasteiger partial charge on any atom is -0.355 e. The van der Waals surface area contributed by atoms with E-state index in [0.29, 0.717) is 12.1 Å². The molecule has 1 amide bonds. The quantitative estimate of drug-likeness (QED) is 0.793. The number of carbonyl (C=O) groups is 1. The number of benzene rings is 1. The van der Waals surface area contributed by atoms with Gasteiger partial charge in [-0.1, -0.05) is 19.1 Å². The maximum atomic E-state index is 12.7. The molecule has 0 radical (unpaired) electrons. The van der Waals surface area contributed by atoms with E-state index in [4.69, 9.17) is 0 Å². The molecule has 1 atom stereocenters. The van der Waals surface area contributed by atoms with Crippen molar-refractivity contribution in [3.8, 4) is 0 Å². The monoisotopic (exact) mass is 302 g/mol. The average molecular weight is 302 g/mol. The van der Waals surface area contributed by atoms with Gasteiger partial charge in [0.1, 0.15) is 5.82 Å². The van der Waals surface area contributed by atoms with Crippen molar-refractivity contribution in [1.82, 2.24) is 10.0 Å². The van der Waals surface area contributed by atoms with Crippen molar-refractivity contribution in [3.05, 3.63) is 35.6 Å². The minimum atomic E-state index is -3.65. The van der Waals surface area contributed by atoms with E-state index < -0.39 is 21.9 Å². The maximum absolute atomic E-state index is 12.7. The molecule has 0 spiro atoms. The molecule has 0 aliphatic heterocycles. The van der Waals surface area contributed by atoms with Gasteiger partial charge < -0.3 is 5.32 Å². The standard InChI is InChI=1S/C13H19FN2O3S/c1-3-8-15-13(17)10(2)16-20(18,19)9-11-4-6-12(14)7-5-11/h4-7,10,16H,3,8-9H2,1-2H3,(H,15,17). The Balaban J connectivity index is 2.61. The molecule has 0 saturated carbocycles. The van der Waals surface area contributed by atoms with Crippen molar-refractivity contribution in [3.63, 3.8) is 0 Å². The zero-order valence-electron chi connectivity index (χ0n) is 11.5. The summed E-state index contributed by atoms with van der Waals surface area (Å²) in [5.41, 5.74) is 0.458. The molecule has 20 heavy (non-hydrogen) atoms. The fourth-order valence-electron chi connectivity index (χ4n) is 1.57. The topological polar surface area (TPSA) is 75.3 Å². The van der Waals surface area contributed by atoms with E-state index in [1.165, 1.54) is 31.2 Å².